The number of esters is 2. The monoisotopic (exact) mass is 345 g/mol. The van der Waals surface area contributed by atoms with Crippen LogP contribution < -0.4 is 16.0 Å². The number of carbonyl (C=O) groups excluding carboxylic acids is 2. The second kappa shape index (κ2) is 10.6. The quantitative estimate of drug-likeness (QED) is 0.399. The highest BCUT2D eigenvalue weighted by atomic mass is 16.6. The molecular weight excluding hydrogens is 310 g/mol. The van der Waals surface area contributed by atoms with Crippen molar-refractivity contribution < 1.29 is 19.1 Å². The Morgan fingerprint density at radius 3 is 1.88 bits per heavy atom. The molecule has 0 saturated heterocycles. The van der Waals surface area contributed by atoms with E-state index >= 15 is 0 Å². The number of nitrogens with one attached hydrogen (secondary N) is 3. The topological polar surface area (TPSA) is 88.7 Å². The van der Waals surface area contributed by atoms with Crippen LogP contribution in [-0.2, 0) is 19.1 Å². The zero-order chi connectivity index (χ0) is 18.8. The smallest absolute Gasteiger partial charge is 0.323 e. The van der Waals surface area contributed by atoms with Gasteiger partial charge >= 0.3 is 11.9 Å². The van der Waals surface area contributed by atoms with Gasteiger partial charge in [0, 0.05) is 26.2 Å². The lowest BCUT2D eigenvalue weighted by Gasteiger charge is -2.22. The van der Waals surface area contributed by atoms with Crippen LogP contribution in [0, 0.1) is 0 Å². The van der Waals surface area contributed by atoms with Crippen LogP contribution in [0.1, 0.15) is 48.5 Å². The molecule has 1 unspecified atom stereocenters. The molecule has 0 rings (SSSR count). The molecule has 142 valence electrons. The molecule has 0 bridgehead atoms. The number of ether oxygens (including phenoxy) is 2. The molecule has 0 amide bonds. The molecule has 1 atom stereocenters. The fourth-order valence-corrected chi connectivity index (χ4v) is 1.72. The van der Waals surface area contributed by atoms with Crippen LogP contribution in [0.2, 0.25) is 0 Å². The first-order valence-electron chi connectivity index (χ1n) is 8.50. The van der Waals surface area contributed by atoms with E-state index in [9.17, 15) is 9.59 Å². The van der Waals surface area contributed by atoms with Crippen molar-refractivity contribution in [3.63, 3.8) is 0 Å². The van der Waals surface area contributed by atoms with E-state index in [1.165, 1.54) is 0 Å². The van der Waals surface area contributed by atoms with E-state index in [0.717, 1.165) is 13.1 Å². The predicted molar refractivity (Wildman–Crippen MR) is 94.9 cm³/mol. The highest BCUT2D eigenvalue weighted by molar-refractivity contribution is 5.75. The van der Waals surface area contributed by atoms with Crippen molar-refractivity contribution in [2.24, 2.45) is 0 Å². The van der Waals surface area contributed by atoms with E-state index in [-0.39, 0.29) is 24.5 Å². The Kier molecular flexibility index (Phi) is 10.1. The van der Waals surface area contributed by atoms with Crippen LogP contribution in [0.5, 0.6) is 0 Å². The minimum Gasteiger partial charge on any atom is -0.459 e. The molecule has 3 N–H and O–H groups in total. The van der Waals surface area contributed by atoms with Gasteiger partial charge in [-0.05, 0) is 48.5 Å². The molecule has 0 fully saturated rings. The van der Waals surface area contributed by atoms with Crippen LogP contribution in [0.15, 0.2) is 0 Å². The summed E-state index contributed by atoms with van der Waals surface area (Å²) in [6.07, 6.45) is 0. The van der Waals surface area contributed by atoms with Crippen LogP contribution in [0.4, 0.5) is 0 Å². The van der Waals surface area contributed by atoms with E-state index in [2.05, 4.69) is 16.0 Å². The van der Waals surface area contributed by atoms with E-state index < -0.39 is 11.2 Å². The highest BCUT2D eigenvalue weighted by Gasteiger charge is 2.20. The van der Waals surface area contributed by atoms with Gasteiger partial charge in [-0.15, -0.1) is 0 Å². The lowest BCUT2D eigenvalue weighted by molar-refractivity contribution is -0.157. The summed E-state index contributed by atoms with van der Waals surface area (Å²) in [5, 5.41) is 9.35. The first-order chi connectivity index (χ1) is 10.9. The minimum atomic E-state index is -0.467. The average Bonchev–Trinajstić information content (AvgIpc) is 2.37. The van der Waals surface area contributed by atoms with Gasteiger partial charge in [0.15, 0.2) is 0 Å². The van der Waals surface area contributed by atoms with Crippen LogP contribution in [0.3, 0.4) is 0 Å². The number of carbonyl (C=O) groups is 2. The van der Waals surface area contributed by atoms with E-state index in [1.807, 2.05) is 41.5 Å². The summed E-state index contributed by atoms with van der Waals surface area (Å²) in [5.74, 6) is -0.503. The number of rotatable bonds is 10. The summed E-state index contributed by atoms with van der Waals surface area (Å²) in [4.78, 5) is 23.2. The van der Waals surface area contributed by atoms with Crippen molar-refractivity contribution in [3.05, 3.63) is 0 Å². The minimum absolute atomic E-state index is 0.201. The van der Waals surface area contributed by atoms with Gasteiger partial charge in [0.1, 0.15) is 17.2 Å². The molecule has 7 heteroatoms. The fraction of sp³-hybridized carbons (Fsp3) is 0.882. The summed E-state index contributed by atoms with van der Waals surface area (Å²) in [5.41, 5.74) is -0.918. The average molecular weight is 345 g/mol. The number of hydrogen-bond acceptors (Lipinski definition) is 7. The van der Waals surface area contributed by atoms with Crippen molar-refractivity contribution in [2.45, 2.75) is 65.7 Å². The summed E-state index contributed by atoms with van der Waals surface area (Å²) >= 11 is 0. The van der Waals surface area contributed by atoms with E-state index in [1.54, 1.807) is 6.92 Å². The Balaban J connectivity index is 3.58. The Hall–Kier alpha value is -1.18. The zero-order valence-corrected chi connectivity index (χ0v) is 16.2. The highest BCUT2D eigenvalue weighted by Crippen LogP contribution is 2.08. The Bertz CT molecular complexity index is 386. The van der Waals surface area contributed by atoms with Gasteiger partial charge in [-0.25, -0.2) is 0 Å². The summed E-state index contributed by atoms with van der Waals surface area (Å²) in [6, 6.07) is -0.337. The van der Waals surface area contributed by atoms with Gasteiger partial charge in [-0.2, -0.15) is 0 Å². The maximum absolute atomic E-state index is 11.8. The summed E-state index contributed by atoms with van der Waals surface area (Å²) in [7, 11) is 0. The van der Waals surface area contributed by atoms with Gasteiger partial charge in [-0.1, -0.05) is 0 Å². The van der Waals surface area contributed by atoms with E-state index in [4.69, 9.17) is 9.47 Å². The van der Waals surface area contributed by atoms with Crippen LogP contribution in [-0.4, -0.2) is 61.9 Å². The molecule has 7 nitrogen and oxygen atoms in total. The molecule has 24 heavy (non-hydrogen) atoms. The molecule has 0 saturated carbocycles. The molecule has 0 aromatic heterocycles. The van der Waals surface area contributed by atoms with Crippen molar-refractivity contribution in [2.75, 3.05) is 32.7 Å². The molecule has 0 aliphatic rings. The van der Waals surface area contributed by atoms with Gasteiger partial charge < -0.3 is 25.4 Å². The van der Waals surface area contributed by atoms with Crippen LogP contribution >= 0.6 is 0 Å². The largest absolute Gasteiger partial charge is 0.459 e. The Morgan fingerprint density at radius 2 is 1.33 bits per heavy atom. The fourth-order valence-electron chi connectivity index (χ4n) is 1.72. The van der Waals surface area contributed by atoms with E-state index in [0.29, 0.717) is 13.1 Å². The molecule has 0 spiro atoms. The third kappa shape index (κ3) is 14.4. The molecule has 0 heterocycles. The molecule has 0 radical (unpaired) electrons. The first kappa shape index (κ1) is 22.8. The lowest BCUT2D eigenvalue weighted by Crippen LogP contribution is -2.42. The third-order valence-electron chi connectivity index (χ3n) is 2.68. The maximum Gasteiger partial charge on any atom is 0.323 e. The summed E-state index contributed by atoms with van der Waals surface area (Å²) in [6.45, 7) is 15.9. The predicted octanol–water partition coefficient (Wildman–Crippen LogP) is 0.827. The zero-order valence-electron chi connectivity index (χ0n) is 16.2. The van der Waals surface area contributed by atoms with Gasteiger partial charge in [0.05, 0.1) is 6.54 Å². The second-order valence-corrected chi connectivity index (χ2v) is 7.72. The third-order valence-corrected chi connectivity index (χ3v) is 2.68. The number of hydrogen-bond donors (Lipinski definition) is 3. The van der Waals surface area contributed by atoms with Crippen LogP contribution in [0.25, 0.3) is 0 Å². The van der Waals surface area contributed by atoms with Crippen molar-refractivity contribution in [1.29, 1.82) is 0 Å². The SMILES string of the molecule is CC(NCCNCCNCC(=O)OC(C)(C)C)C(=O)OC(C)(C)C. The molecule has 0 aromatic rings. The Labute approximate surface area is 146 Å². The van der Waals surface area contributed by atoms with Gasteiger partial charge in [0.2, 0.25) is 0 Å². The molecular formula is C17H35N3O4. The lowest BCUT2D eigenvalue weighted by atomic mass is 10.2. The molecule has 0 aromatic carbocycles. The second-order valence-electron chi connectivity index (χ2n) is 7.72. The summed E-state index contributed by atoms with van der Waals surface area (Å²) < 4.78 is 10.5. The van der Waals surface area contributed by atoms with Gasteiger partial charge in [0.25, 0.3) is 0 Å². The molecule has 0 aliphatic heterocycles. The van der Waals surface area contributed by atoms with Crippen molar-refractivity contribution >= 4 is 11.9 Å². The molecule has 0 aliphatic carbocycles. The first-order valence-corrected chi connectivity index (χ1v) is 8.50. The standard InChI is InChI=1S/C17H35N3O4/c1-13(15(22)24-17(5,6)7)20-11-10-18-8-9-19-12-14(21)23-16(2,3)4/h13,18-20H,8-12H2,1-7H3. The van der Waals surface area contributed by atoms with Gasteiger partial charge in [-0.3, -0.25) is 9.59 Å². The van der Waals surface area contributed by atoms with Crippen molar-refractivity contribution in [1.82, 2.24) is 16.0 Å². The van der Waals surface area contributed by atoms with Crippen molar-refractivity contribution in [3.8, 4) is 0 Å². The maximum atomic E-state index is 11.8. The normalized spacial score (nSPS) is 13.5. The Morgan fingerprint density at radius 1 is 0.833 bits per heavy atom.